The molecule has 0 bridgehead atoms. The van der Waals surface area contributed by atoms with E-state index in [1.165, 1.54) is 18.1 Å². The molecule has 0 saturated heterocycles. The molecule has 0 saturated carbocycles. The minimum Gasteiger partial charge on any atom is -0.496 e. The smallest absolute Gasteiger partial charge is 0.337 e. The topological polar surface area (TPSA) is 138 Å². The number of benzene rings is 2. The number of anilines is 4. The minimum absolute atomic E-state index is 0.0209. The highest BCUT2D eigenvalue weighted by Crippen LogP contribution is 2.42. The number of furan rings is 1. The number of carboxylic acids is 1. The first kappa shape index (κ1) is 26.7. The molecule has 5 rings (SSSR count). The Bertz CT molecular complexity index is 1720. The van der Waals surface area contributed by atoms with E-state index in [0.29, 0.717) is 22.8 Å². The lowest BCUT2D eigenvalue weighted by atomic mass is 9.85. The molecule has 4 aromatic rings. The maximum Gasteiger partial charge on any atom is 0.337 e. The van der Waals surface area contributed by atoms with E-state index in [4.69, 9.17) is 9.15 Å². The monoisotopic (exact) mass is 543 g/mol. The van der Waals surface area contributed by atoms with Crippen LogP contribution in [0.1, 0.15) is 64.6 Å². The second-order valence-electron chi connectivity index (χ2n) is 10.8. The van der Waals surface area contributed by atoms with Gasteiger partial charge in [-0.1, -0.05) is 32.9 Å². The molecule has 10 heteroatoms. The fourth-order valence-electron chi connectivity index (χ4n) is 5.03. The summed E-state index contributed by atoms with van der Waals surface area (Å²) < 4.78 is 11.3. The van der Waals surface area contributed by atoms with Crippen LogP contribution in [0.3, 0.4) is 0 Å². The van der Waals surface area contributed by atoms with Gasteiger partial charge in [-0.05, 0) is 48.7 Å². The van der Waals surface area contributed by atoms with Crippen molar-refractivity contribution < 1.29 is 23.8 Å². The van der Waals surface area contributed by atoms with Crippen LogP contribution in [-0.2, 0) is 6.54 Å². The van der Waals surface area contributed by atoms with Crippen molar-refractivity contribution in [2.75, 3.05) is 22.6 Å². The van der Waals surface area contributed by atoms with Gasteiger partial charge in [0.05, 0.1) is 42.2 Å². The van der Waals surface area contributed by atoms with Crippen LogP contribution >= 0.6 is 0 Å². The Morgan fingerprint density at radius 2 is 1.73 bits per heavy atom. The lowest BCUT2D eigenvalue weighted by molar-refractivity contribution is 0.0697. The maximum absolute atomic E-state index is 13.7. The number of rotatable bonds is 8. The molecule has 1 aliphatic rings. The van der Waals surface area contributed by atoms with E-state index in [1.807, 2.05) is 39.8 Å². The molecule has 1 amide bonds. The Balaban J connectivity index is 1.53. The van der Waals surface area contributed by atoms with Crippen LogP contribution in [0.15, 0.2) is 62.5 Å². The van der Waals surface area contributed by atoms with Crippen LogP contribution in [-0.4, -0.2) is 24.1 Å². The summed E-state index contributed by atoms with van der Waals surface area (Å²) in [6.07, 6.45) is 0. The van der Waals surface area contributed by atoms with Crippen LogP contribution in [0.25, 0.3) is 0 Å². The summed E-state index contributed by atoms with van der Waals surface area (Å²) in [4.78, 5) is 52.4. The van der Waals surface area contributed by atoms with E-state index in [0.717, 1.165) is 5.76 Å². The summed E-state index contributed by atoms with van der Waals surface area (Å²) in [5.41, 5.74) is -0.354. The molecule has 206 valence electrons. The van der Waals surface area contributed by atoms with Crippen LogP contribution in [0, 0.1) is 12.3 Å². The first-order chi connectivity index (χ1) is 18.9. The largest absolute Gasteiger partial charge is 0.496 e. The molecule has 10 nitrogen and oxygen atoms in total. The fraction of sp³-hybridized carbons (Fsp3) is 0.267. The molecule has 0 unspecified atom stereocenters. The summed E-state index contributed by atoms with van der Waals surface area (Å²) in [5.74, 6) is 0.155. The predicted molar refractivity (Wildman–Crippen MR) is 151 cm³/mol. The maximum atomic E-state index is 13.7. The molecule has 0 aliphatic carbocycles. The van der Waals surface area contributed by atoms with E-state index in [2.05, 4.69) is 10.6 Å². The Kier molecular flexibility index (Phi) is 6.49. The van der Waals surface area contributed by atoms with E-state index in [1.54, 1.807) is 30.3 Å². The summed E-state index contributed by atoms with van der Waals surface area (Å²) in [5, 5.41) is 15.9. The molecule has 0 spiro atoms. The van der Waals surface area contributed by atoms with Gasteiger partial charge in [-0.25, -0.2) is 4.79 Å². The number of nitrogens with one attached hydrogen (secondary N) is 2. The zero-order chi connectivity index (χ0) is 28.9. The van der Waals surface area contributed by atoms with E-state index in [9.17, 15) is 24.3 Å². The van der Waals surface area contributed by atoms with E-state index < -0.39 is 28.8 Å². The number of hydrogen-bond donors (Lipinski definition) is 3. The van der Waals surface area contributed by atoms with Gasteiger partial charge in [0.15, 0.2) is 0 Å². The fourth-order valence-corrected chi connectivity index (χ4v) is 5.03. The molecule has 2 heterocycles. The highest BCUT2D eigenvalue weighted by molar-refractivity contribution is 6.16. The summed E-state index contributed by atoms with van der Waals surface area (Å²) in [6.45, 7) is 7.85. The summed E-state index contributed by atoms with van der Waals surface area (Å²) >= 11 is 0. The molecular formula is C30H29N3O7. The Labute approximate surface area is 229 Å². The molecule has 1 atom stereocenters. The number of carbonyl (C=O) groups excluding carboxylic acids is 1. The van der Waals surface area contributed by atoms with Crippen molar-refractivity contribution in [3.8, 4) is 5.75 Å². The summed E-state index contributed by atoms with van der Waals surface area (Å²) in [7, 11) is 1.47. The van der Waals surface area contributed by atoms with Gasteiger partial charge in [-0.2, -0.15) is 0 Å². The lowest BCUT2D eigenvalue weighted by Crippen LogP contribution is -2.39. The average Bonchev–Trinajstić information content (AvgIpc) is 3.50. The quantitative estimate of drug-likeness (QED) is 0.262. The number of nitrogens with zero attached hydrogens (tertiary/aromatic N) is 1. The van der Waals surface area contributed by atoms with Crippen LogP contribution < -0.4 is 31.1 Å². The normalized spacial score (nSPS) is 13.8. The van der Waals surface area contributed by atoms with Crippen molar-refractivity contribution in [3.63, 3.8) is 0 Å². The Morgan fingerprint density at radius 3 is 2.35 bits per heavy atom. The number of fused-ring (bicyclic) bond motifs is 1. The summed E-state index contributed by atoms with van der Waals surface area (Å²) in [6, 6.07) is 12.7. The van der Waals surface area contributed by atoms with Gasteiger partial charge in [0.1, 0.15) is 28.6 Å². The van der Waals surface area contributed by atoms with Gasteiger partial charge in [0, 0.05) is 5.56 Å². The second kappa shape index (κ2) is 9.71. The van der Waals surface area contributed by atoms with Crippen molar-refractivity contribution in [1.29, 1.82) is 0 Å². The minimum atomic E-state index is -1.16. The van der Waals surface area contributed by atoms with Gasteiger partial charge < -0.3 is 29.8 Å². The second-order valence-corrected chi connectivity index (χ2v) is 10.8. The number of hydrogen-bond acceptors (Lipinski definition) is 8. The van der Waals surface area contributed by atoms with E-state index in [-0.39, 0.29) is 40.1 Å². The van der Waals surface area contributed by atoms with Crippen molar-refractivity contribution in [1.82, 2.24) is 0 Å². The SMILES string of the molecule is COc1ccc(Nc2c(N[C@@H](c3ccc(C)o3)C(C)(C)C)c(=O)c2=O)c2c1CN(c1ccccc1C(=O)O)C2=O. The number of carboxylic acid groups (broad SMARTS) is 1. The number of amides is 1. The van der Waals surface area contributed by atoms with Gasteiger partial charge in [-0.15, -0.1) is 0 Å². The van der Waals surface area contributed by atoms with Gasteiger partial charge >= 0.3 is 5.97 Å². The van der Waals surface area contributed by atoms with Gasteiger partial charge in [-0.3, -0.25) is 14.4 Å². The molecule has 1 aliphatic heterocycles. The number of carbonyl (C=O) groups is 2. The molecule has 40 heavy (non-hydrogen) atoms. The van der Waals surface area contributed by atoms with Gasteiger partial charge in [0.2, 0.25) is 0 Å². The van der Waals surface area contributed by atoms with E-state index >= 15 is 0 Å². The average molecular weight is 544 g/mol. The Morgan fingerprint density at radius 1 is 1.02 bits per heavy atom. The Hall–Kier alpha value is -4.86. The number of aryl methyl sites for hydroxylation is 1. The van der Waals surface area contributed by atoms with Gasteiger partial charge in [0.25, 0.3) is 16.8 Å². The molecule has 1 aromatic heterocycles. The lowest BCUT2D eigenvalue weighted by Gasteiger charge is -2.31. The highest BCUT2D eigenvalue weighted by atomic mass is 16.5. The number of ether oxygens (including phenoxy) is 1. The number of para-hydroxylation sites is 1. The van der Waals surface area contributed by atoms with Crippen LogP contribution in [0.4, 0.5) is 22.7 Å². The van der Waals surface area contributed by atoms with Crippen LogP contribution in [0.2, 0.25) is 0 Å². The molecule has 3 aromatic carbocycles. The van der Waals surface area contributed by atoms with Crippen molar-refractivity contribution in [3.05, 3.63) is 97.2 Å². The molecule has 0 fully saturated rings. The van der Waals surface area contributed by atoms with Crippen molar-refractivity contribution in [2.45, 2.75) is 40.3 Å². The third kappa shape index (κ3) is 4.41. The number of aromatic carboxylic acids is 1. The molecular weight excluding hydrogens is 514 g/mol. The van der Waals surface area contributed by atoms with Crippen molar-refractivity contribution >= 4 is 34.6 Å². The zero-order valence-electron chi connectivity index (χ0n) is 22.7. The highest BCUT2D eigenvalue weighted by Gasteiger charge is 2.37. The molecule has 0 radical (unpaired) electrons. The molecule has 3 N–H and O–H groups in total. The zero-order valence-corrected chi connectivity index (χ0v) is 22.7. The number of methoxy groups -OCH3 is 1. The third-order valence-corrected chi connectivity index (χ3v) is 7.06. The van der Waals surface area contributed by atoms with Crippen LogP contribution in [0.5, 0.6) is 5.75 Å². The predicted octanol–water partition coefficient (Wildman–Crippen LogP) is 4.99. The van der Waals surface area contributed by atoms with Crippen molar-refractivity contribution in [2.24, 2.45) is 5.41 Å². The first-order valence-corrected chi connectivity index (χ1v) is 12.7. The first-order valence-electron chi connectivity index (χ1n) is 12.7. The third-order valence-electron chi connectivity index (χ3n) is 7.06. The standard InChI is InChI=1S/C30H29N3O7/c1-15-10-12-21(40-15)27(30(2,3)4)32-24-23(25(34)26(24)35)31-18-11-13-20(39-5)17-14-33(28(36)22(17)18)19-9-7-6-8-16(19)29(37)38/h6-13,27,31-32H,14H2,1-5H3,(H,37,38)/t27-/m0/s1.